The monoisotopic (exact) mass is 294 g/mol. The van der Waals surface area contributed by atoms with Gasteiger partial charge in [-0.2, -0.15) is 0 Å². The Morgan fingerprint density at radius 2 is 1.81 bits per heavy atom. The molecule has 0 amide bonds. The largest absolute Gasteiger partial charge is 0.456 e. The predicted molar refractivity (Wildman–Crippen MR) is 78.7 cm³/mol. The number of aliphatic hydroxyl groups is 1. The molecule has 0 aromatic carbocycles. The van der Waals surface area contributed by atoms with Crippen molar-refractivity contribution in [2.45, 2.75) is 63.6 Å². The smallest absolute Gasteiger partial charge is 0.331 e. The van der Waals surface area contributed by atoms with Crippen molar-refractivity contribution in [3.63, 3.8) is 0 Å². The third-order valence-corrected chi connectivity index (χ3v) is 5.18. The number of carbonyl (C=O) groups excluding carboxylic acids is 1. The zero-order chi connectivity index (χ0) is 15.1. The van der Waals surface area contributed by atoms with E-state index in [4.69, 9.17) is 14.6 Å². The topological polar surface area (TPSA) is 55.8 Å². The molecule has 2 unspecified atom stereocenters. The molecule has 4 aliphatic carbocycles. The van der Waals surface area contributed by atoms with Crippen LogP contribution in [0, 0.1) is 11.8 Å². The number of hydrogen-bond acceptors (Lipinski definition) is 4. The minimum absolute atomic E-state index is 0.0572. The van der Waals surface area contributed by atoms with E-state index in [0.29, 0.717) is 18.4 Å². The van der Waals surface area contributed by atoms with E-state index in [9.17, 15) is 4.79 Å². The van der Waals surface area contributed by atoms with Crippen molar-refractivity contribution in [3.05, 3.63) is 11.6 Å². The summed E-state index contributed by atoms with van der Waals surface area (Å²) in [6.07, 6.45) is 7.71. The van der Waals surface area contributed by atoms with Crippen LogP contribution in [0.2, 0.25) is 0 Å². The molecule has 4 aliphatic rings. The van der Waals surface area contributed by atoms with Gasteiger partial charge < -0.3 is 14.6 Å². The molecule has 21 heavy (non-hydrogen) atoms. The normalized spacial score (nSPS) is 40.1. The zero-order valence-corrected chi connectivity index (χ0v) is 13.1. The van der Waals surface area contributed by atoms with Gasteiger partial charge in [-0.1, -0.05) is 5.57 Å². The van der Waals surface area contributed by atoms with Gasteiger partial charge in [-0.05, 0) is 57.8 Å². The van der Waals surface area contributed by atoms with E-state index in [1.165, 1.54) is 6.42 Å². The quantitative estimate of drug-likeness (QED) is 0.625. The van der Waals surface area contributed by atoms with Crippen molar-refractivity contribution in [1.82, 2.24) is 0 Å². The van der Waals surface area contributed by atoms with Gasteiger partial charge in [0.15, 0.2) is 0 Å². The molecule has 0 aliphatic heterocycles. The Morgan fingerprint density at radius 1 is 1.19 bits per heavy atom. The van der Waals surface area contributed by atoms with Crippen molar-refractivity contribution in [3.8, 4) is 0 Å². The third kappa shape index (κ3) is 3.02. The molecular formula is C17H26O4. The third-order valence-electron chi connectivity index (χ3n) is 5.18. The zero-order valence-electron chi connectivity index (χ0n) is 13.1. The summed E-state index contributed by atoms with van der Waals surface area (Å²) in [5.74, 6) is 0.989. The van der Waals surface area contributed by atoms with Crippen LogP contribution in [0.1, 0.15) is 52.4 Å². The fourth-order valence-corrected chi connectivity index (χ4v) is 5.12. The van der Waals surface area contributed by atoms with Crippen molar-refractivity contribution in [2.75, 3.05) is 13.2 Å². The molecule has 1 N–H and O–H groups in total. The molecule has 0 spiro atoms. The highest BCUT2D eigenvalue weighted by atomic mass is 16.6. The summed E-state index contributed by atoms with van der Waals surface area (Å²) in [4.78, 5) is 12.1. The van der Waals surface area contributed by atoms with Crippen molar-refractivity contribution >= 4 is 5.97 Å². The Balaban J connectivity index is 1.77. The molecule has 4 rings (SSSR count). The van der Waals surface area contributed by atoms with E-state index in [0.717, 1.165) is 37.7 Å². The molecule has 4 bridgehead atoms. The van der Waals surface area contributed by atoms with Gasteiger partial charge in [-0.15, -0.1) is 0 Å². The van der Waals surface area contributed by atoms with Gasteiger partial charge in [0.05, 0.1) is 18.8 Å². The summed E-state index contributed by atoms with van der Waals surface area (Å²) < 4.78 is 11.9. The van der Waals surface area contributed by atoms with Gasteiger partial charge in [0.1, 0.15) is 5.60 Å². The molecule has 4 heteroatoms. The van der Waals surface area contributed by atoms with Crippen LogP contribution in [0.3, 0.4) is 0 Å². The number of aliphatic hydroxyl groups excluding tert-OH is 1. The average molecular weight is 294 g/mol. The second-order valence-electron chi connectivity index (χ2n) is 7.54. The lowest BCUT2D eigenvalue weighted by atomic mass is 9.52. The number of esters is 1. The number of carbonyl (C=O) groups is 1. The fraction of sp³-hybridized carbons (Fsp3) is 0.824. The second-order valence-corrected chi connectivity index (χ2v) is 7.54. The molecule has 0 heterocycles. The van der Waals surface area contributed by atoms with Crippen LogP contribution in [0.4, 0.5) is 0 Å². The maximum atomic E-state index is 12.1. The number of allylic oxidation sites excluding steroid dienone is 1. The van der Waals surface area contributed by atoms with Crippen LogP contribution in [0.5, 0.6) is 0 Å². The highest BCUT2D eigenvalue weighted by molar-refractivity contribution is 5.83. The minimum atomic E-state index is -0.331. The van der Waals surface area contributed by atoms with E-state index in [2.05, 4.69) is 0 Å². The van der Waals surface area contributed by atoms with Crippen LogP contribution in [0.25, 0.3) is 0 Å². The van der Waals surface area contributed by atoms with Crippen molar-refractivity contribution in [1.29, 1.82) is 0 Å². The molecule has 4 saturated carbocycles. The molecule has 2 atom stereocenters. The number of hydrogen-bond donors (Lipinski definition) is 1. The highest BCUT2D eigenvalue weighted by Crippen LogP contribution is 2.60. The van der Waals surface area contributed by atoms with Crippen LogP contribution in [-0.2, 0) is 14.3 Å². The van der Waals surface area contributed by atoms with Gasteiger partial charge in [0, 0.05) is 12.5 Å². The summed E-state index contributed by atoms with van der Waals surface area (Å²) in [6, 6.07) is 0. The molecule has 0 aromatic rings. The maximum absolute atomic E-state index is 12.1. The first-order valence-electron chi connectivity index (χ1n) is 8.07. The van der Waals surface area contributed by atoms with Gasteiger partial charge in [-0.25, -0.2) is 4.79 Å². The van der Waals surface area contributed by atoms with Gasteiger partial charge in [-0.3, -0.25) is 0 Å². The second kappa shape index (κ2) is 5.40. The molecular weight excluding hydrogens is 268 g/mol. The van der Waals surface area contributed by atoms with E-state index in [1.807, 2.05) is 13.8 Å². The Bertz CT molecular complexity index is 436. The van der Waals surface area contributed by atoms with Gasteiger partial charge in [0.2, 0.25) is 0 Å². The SMILES string of the molecule is CC(C)=CC(=O)OC12CC3CC(CC(OCCO)(C3)C1)C2. The molecule has 4 nitrogen and oxygen atoms in total. The fourth-order valence-electron chi connectivity index (χ4n) is 5.12. The lowest BCUT2D eigenvalue weighted by Crippen LogP contribution is -2.61. The Hall–Kier alpha value is -0.870. The summed E-state index contributed by atoms with van der Waals surface area (Å²) in [6.45, 7) is 4.26. The van der Waals surface area contributed by atoms with E-state index in [-0.39, 0.29) is 23.8 Å². The summed E-state index contributed by atoms with van der Waals surface area (Å²) in [5, 5.41) is 9.06. The maximum Gasteiger partial charge on any atom is 0.331 e. The highest BCUT2D eigenvalue weighted by Gasteiger charge is 2.60. The minimum Gasteiger partial charge on any atom is -0.456 e. The molecule has 0 saturated heterocycles. The summed E-state index contributed by atoms with van der Waals surface area (Å²) >= 11 is 0. The first-order valence-corrected chi connectivity index (χ1v) is 8.07. The van der Waals surface area contributed by atoms with Crippen LogP contribution >= 0.6 is 0 Å². The van der Waals surface area contributed by atoms with Crippen LogP contribution in [-0.4, -0.2) is 35.5 Å². The van der Waals surface area contributed by atoms with Crippen molar-refractivity contribution < 1.29 is 19.4 Å². The number of rotatable bonds is 5. The Kier molecular flexibility index (Phi) is 3.87. The van der Waals surface area contributed by atoms with Crippen LogP contribution in [0.15, 0.2) is 11.6 Å². The standard InChI is InChI=1S/C17H26O4/c1-12(2)5-15(19)21-17-9-13-6-14(10-17)8-16(7-13,11-17)20-4-3-18/h5,13-14,18H,3-4,6-11H2,1-2H3. The lowest BCUT2D eigenvalue weighted by molar-refractivity contribution is -0.233. The summed E-state index contributed by atoms with van der Waals surface area (Å²) in [5.41, 5.74) is 0.469. The number of ether oxygens (including phenoxy) is 2. The van der Waals surface area contributed by atoms with Gasteiger partial charge >= 0.3 is 5.97 Å². The summed E-state index contributed by atoms with van der Waals surface area (Å²) in [7, 11) is 0. The molecule has 0 aromatic heterocycles. The van der Waals surface area contributed by atoms with Gasteiger partial charge in [0.25, 0.3) is 0 Å². The van der Waals surface area contributed by atoms with E-state index in [1.54, 1.807) is 6.08 Å². The first kappa shape index (κ1) is 15.0. The van der Waals surface area contributed by atoms with E-state index < -0.39 is 0 Å². The lowest BCUT2D eigenvalue weighted by Gasteiger charge is -2.60. The average Bonchev–Trinajstić information content (AvgIpc) is 2.32. The molecule has 0 radical (unpaired) electrons. The predicted octanol–water partition coefficient (Wildman–Crippen LogP) is 2.60. The molecule has 118 valence electrons. The van der Waals surface area contributed by atoms with Crippen LogP contribution < -0.4 is 0 Å². The van der Waals surface area contributed by atoms with E-state index >= 15 is 0 Å². The van der Waals surface area contributed by atoms with Crippen molar-refractivity contribution in [2.24, 2.45) is 11.8 Å². The molecule has 4 fully saturated rings. The Labute approximate surface area is 126 Å². The Morgan fingerprint density at radius 3 is 2.38 bits per heavy atom. The first-order chi connectivity index (χ1) is 9.94.